The van der Waals surface area contributed by atoms with Crippen LogP contribution in [-0.4, -0.2) is 54.3 Å². The van der Waals surface area contributed by atoms with Crippen LogP contribution in [0.25, 0.3) is 0 Å². The van der Waals surface area contributed by atoms with Crippen molar-refractivity contribution < 1.29 is 27.6 Å². The molecule has 1 saturated heterocycles. The Morgan fingerprint density at radius 3 is 2.67 bits per heavy atom. The van der Waals surface area contributed by atoms with Gasteiger partial charge in [-0.1, -0.05) is 13.3 Å². The summed E-state index contributed by atoms with van der Waals surface area (Å²) in [5, 5.41) is 5.46. The SMILES string of the molecule is CCCC(C)NC(=O)C1CCCN(C(C)C(=O)N2CC(=O)Nc3cc(C(F)(F)F)ccc32)C1. The number of carbonyl (C=O) groups is 3. The van der Waals surface area contributed by atoms with Gasteiger partial charge in [0.25, 0.3) is 0 Å². The molecule has 10 heteroatoms. The van der Waals surface area contributed by atoms with Crippen molar-refractivity contribution in [2.45, 2.75) is 64.7 Å². The normalized spacial score (nSPS) is 21.1. The fourth-order valence-corrected chi connectivity index (χ4v) is 4.48. The van der Waals surface area contributed by atoms with E-state index in [1.165, 1.54) is 11.0 Å². The molecule has 3 rings (SSSR count). The molecule has 0 bridgehead atoms. The molecule has 2 aliphatic rings. The molecular formula is C23H31F3N4O3. The third kappa shape index (κ3) is 5.85. The highest BCUT2D eigenvalue weighted by Crippen LogP contribution is 2.37. The lowest BCUT2D eigenvalue weighted by molar-refractivity contribution is -0.137. The largest absolute Gasteiger partial charge is 0.416 e. The molecule has 0 saturated carbocycles. The van der Waals surface area contributed by atoms with Gasteiger partial charge in [-0.25, -0.2) is 0 Å². The predicted octanol–water partition coefficient (Wildman–Crippen LogP) is 3.40. The average molecular weight is 469 g/mol. The van der Waals surface area contributed by atoms with Crippen molar-refractivity contribution in [3.63, 3.8) is 0 Å². The zero-order chi connectivity index (χ0) is 24.3. The number of fused-ring (bicyclic) bond motifs is 1. The van der Waals surface area contributed by atoms with Crippen molar-refractivity contribution in [3.05, 3.63) is 23.8 Å². The number of amides is 3. The third-order valence-electron chi connectivity index (χ3n) is 6.30. The van der Waals surface area contributed by atoms with Gasteiger partial charge in [-0.05, 0) is 57.9 Å². The van der Waals surface area contributed by atoms with Gasteiger partial charge < -0.3 is 10.6 Å². The molecule has 0 aliphatic carbocycles. The molecule has 3 unspecified atom stereocenters. The minimum Gasteiger partial charge on any atom is -0.353 e. The Hall–Kier alpha value is -2.62. The lowest BCUT2D eigenvalue weighted by atomic mass is 9.95. The van der Waals surface area contributed by atoms with Crippen LogP contribution in [0.15, 0.2) is 18.2 Å². The Labute approximate surface area is 191 Å². The molecule has 2 aliphatic heterocycles. The van der Waals surface area contributed by atoms with Crippen molar-refractivity contribution in [1.29, 1.82) is 0 Å². The topological polar surface area (TPSA) is 81.8 Å². The zero-order valence-electron chi connectivity index (χ0n) is 19.2. The molecule has 2 N–H and O–H groups in total. The maximum atomic E-state index is 13.3. The standard InChI is InChI=1S/C23H31F3N4O3/c1-4-6-14(2)27-21(32)16-7-5-10-29(12-16)15(3)22(33)30-13-20(31)28-18-11-17(23(24,25)26)8-9-19(18)30/h8-9,11,14-16H,4-7,10,12-13H2,1-3H3,(H,27,32)(H,28,31). The monoisotopic (exact) mass is 468 g/mol. The van der Waals surface area contributed by atoms with Crippen LogP contribution in [0.5, 0.6) is 0 Å². The first-order valence-electron chi connectivity index (χ1n) is 11.4. The second-order valence-electron chi connectivity index (χ2n) is 8.91. The first-order chi connectivity index (χ1) is 15.5. The van der Waals surface area contributed by atoms with Crippen molar-refractivity contribution in [1.82, 2.24) is 10.2 Å². The zero-order valence-corrected chi connectivity index (χ0v) is 19.2. The predicted molar refractivity (Wildman–Crippen MR) is 119 cm³/mol. The van der Waals surface area contributed by atoms with Crippen LogP contribution >= 0.6 is 0 Å². The number of nitrogens with zero attached hydrogens (tertiary/aromatic N) is 2. The van der Waals surface area contributed by atoms with Gasteiger partial charge in [0.05, 0.1) is 28.9 Å². The molecule has 0 spiro atoms. The number of carbonyl (C=O) groups excluding carboxylic acids is 3. The minimum absolute atomic E-state index is 0.0253. The van der Waals surface area contributed by atoms with Gasteiger partial charge in [0.15, 0.2) is 0 Å². The van der Waals surface area contributed by atoms with Crippen molar-refractivity contribution in [3.8, 4) is 0 Å². The summed E-state index contributed by atoms with van der Waals surface area (Å²) in [5.41, 5.74) is -0.701. The Morgan fingerprint density at radius 2 is 2.00 bits per heavy atom. The molecule has 0 radical (unpaired) electrons. The Bertz CT molecular complexity index is 905. The van der Waals surface area contributed by atoms with E-state index in [1.807, 2.05) is 11.8 Å². The van der Waals surface area contributed by atoms with Gasteiger partial charge in [-0.2, -0.15) is 13.2 Å². The molecule has 3 atom stereocenters. The van der Waals surface area contributed by atoms with E-state index in [0.717, 1.165) is 37.8 Å². The Kier molecular flexibility index (Phi) is 7.66. The number of benzene rings is 1. The fraction of sp³-hybridized carbons (Fsp3) is 0.609. The average Bonchev–Trinajstić information content (AvgIpc) is 2.76. The van der Waals surface area contributed by atoms with Crippen LogP contribution < -0.4 is 15.5 Å². The highest BCUT2D eigenvalue weighted by Gasteiger charge is 2.37. The van der Waals surface area contributed by atoms with Crippen LogP contribution in [0.4, 0.5) is 24.5 Å². The second-order valence-corrected chi connectivity index (χ2v) is 8.91. The molecule has 0 aromatic heterocycles. The van der Waals surface area contributed by atoms with Crippen LogP contribution in [0.2, 0.25) is 0 Å². The first kappa shape index (κ1) is 25.0. The van der Waals surface area contributed by atoms with Crippen molar-refractivity contribution >= 4 is 29.1 Å². The quantitative estimate of drug-likeness (QED) is 0.671. The number of alkyl halides is 3. The number of likely N-dealkylation sites (tertiary alicyclic amines) is 1. The molecule has 7 nitrogen and oxygen atoms in total. The van der Waals surface area contributed by atoms with Gasteiger partial charge in [0.2, 0.25) is 17.7 Å². The van der Waals surface area contributed by atoms with E-state index in [1.54, 1.807) is 6.92 Å². The highest BCUT2D eigenvalue weighted by molar-refractivity contribution is 6.11. The van der Waals surface area contributed by atoms with E-state index in [2.05, 4.69) is 17.6 Å². The number of anilines is 2. The van der Waals surface area contributed by atoms with Gasteiger partial charge >= 0.3 is 6.18 Å². The van der Waals surface area contributed by atoms with Crippen LogP contribution in [0.1, 0.15) is 52.0 Å². The van der Waals surface area contributed by atoms with Crippen LogP contribution in [0, 0.1) is 5.92 Å². The van der Waals surface area contributed by atoms with Gasteiger partial charge in [0.1, 0.15) is 6.54 Å². The second kappa shape index (κ2) is 10.1. The summed E-state index contributed by atoms with van der Waals surface area (Å²) in [5.74, 6) is -1.20. The van der Waals surface area contributed by atoms with E-state index in [4.69, 9.17) is 0 Å². The molecule has 1 fully saturated rings. The summed E-state index contributed by atoms with van der Waals surface area (Å²) in [6.07, 6.45) is -1.21. The number of hydrogen-bond acceptors (Lipinski definition) is 4. The van der Waals surface area contributed by atoms with Gasteiger partial charge in [-0.3, -0.25) is 24.2 Å². The maximum Gasteiger partial charge on any atom is 0.416 e. The maximum absolute atomic E-state index is 13.3. The van der Waals surface area contributed by atoms with E-state index >= 15 is 0 Å². The number of hydrogen-bond donors (Lipinski definition) is 2. The molecule has 33 heavy (non-hydrogen) atoms. The summed E-state index contributed by atoms with van der Waals surface area (Å²) in [7, 11) is 0. The van der Waals surface area contributed by atoms with Crippen molar-refractivity contribution in [2.75, 3.05) is 29.9 Å². The lowest BCUT2D eigenvalue weighted by Crippen LogP contribution is -2.54. The summed E-state index contributed by atoms with van der Waals surface area (Å²) in [6.45, 7) is 6.50. The minimum atomic E-state index is -4.56. The summed E-state index contributed by atoms with van der Waals surface area (Å²) in [4.78, 5) is 41.3. The summed E-state index contributed by atoms with van der Waals surface area (Å²) in [6, 6.07) is 2.41. The number of piperidine rings is 1. The van der Waals surface area contributed by atoms with Gasteiger partial charge in [-0.15, -0.1) is 0 Å². The number of rotatable bonds is 6. The van der Waals surface area contributed by atoms with E-state index < -0.39 is 23.7 Å². The van der Waals surface area contributed by atoms with Crippen LogP contribution in [-0.2, 0) is 20.6 Å². The smallest absolute Gasteiger partial charge is 0.353 e. The van der Waals surface area contributed by atoms with E-state index in [-0.39, 0.29) is 41.7 Å². The Balaban J connectivity index is 1.73. The van der Waals surface area contributed by atoms with Gasteiger partial charge in [0, 0.05) is 12.6 Å². The lowest BCUT2D eigenvalue weighted by Gasteiger charge is -2.39. The summed E-state index contributed by atoms with van der Waals surface area (Å²) < 4.78 is 39.2. The number of halogens is 3. The molecule has 3 amide bonds. The molecule has 2 heterocycles. The third-order valence-corrected chi connectivity index (χ3v) is 6.30. The summed E-state index contributed by atoms with van der Waals surface area (Å²) >= 11 is 0. The van der Waals surface area contributed by atoms with E-state index in [9.17, 15) is 27.6 Å². The fourth-order valence-electron chi connectivity index (χ4n) is 4.48. The molecule has 1 aromatic rings. The Morgan fingerprint density at radius 1 is 1.27 bits per heavy atom. The number of nitrogens with one attached hydrogen (secondary N) is 2. The van der Waals surface area contributed by atoms with Crippen molar-refractivity contribution in [2.24, 2.45) is 5.92 Å². The molecular weight excluding hydrogens is 437 g/mol. The molecule has 1 aromatic carbocycles. The van der Waals surface area contributed by atoms with E-state index in [0.29, 0.717) is 13.1 Å². The van der Waals surface area contributed by atoms with Crippen LogP contribution in [0.3, 0.4) is 0 Å². The first-order valence-corrected chi connectivity index (χ1v) is 11.4. The molecule has 182 valence electrons. The highest BCUT2D eigenvalue weighted by atomic mass is 19.4.